The first-order chi connectivity index (χ1) is 7.26. The second kappa shape index (κ2) is 6.04. The van der Waals surface area contributed by atoms with Gasteiger partial charge in [-0.25, -0.2) is 4.39 Å². The van der Waals surface area contributed by atoms with Crippen LogP contribution >= 0.6 is 11.8 Å². The largest absolute Gasteiger partial charge is 0.272 e. The molecule has 15 heavy (non-hydrogen) atoms. The number of nitriles is 1. The van der Waals surface area contributed by atoms with Crippen molar-refractivity contribution in [1.29, 1.82) is 5.26 Å². The smallest absolute Gasteiger partial charge is 0.183 e. The molecule has 1 rings (SSSR count). The van der Waals surface area contributed by atoms with E-state index in [0.29, 0.717) is 11.7 Å². The first-order valence-electron chi connectivity index (χ1n) is 4.24. The van der Waals surface area contributed by atoms with E-state index in [1.54, 1.807) is 18.3 Å². The number of rotatable bonds is 2. The van der Waals surface area contributed by atoms with Gasteiger partial charge in [0.25, 0.3) is 0 Å². The number of thioether (sulfide) groups is 1. The van der Waals surface area contributed by atoms with Gasteiger partial charge in [-0.15, -0.1) is 0 Å². The first-order valence-corrected chi connectivity index (χ1v) is 5.46. The topological polar surface area (TPSA) is 48.2 Å². The highest BCUT2D eigenvalue weighted by molar-refractivity contribution is 8.13. The summed E-state index contributed by atoms with van der Waals surface area (Å²) in [6.07, 6.45) is 3.60. The number of halogens is 1. The zero-order valence-electron chi connectivity index (χ0n) is 8.20. The molecule has 5 heteroatoms. The summed E-state index contributed by atoms with van der Waals surface area (Å²) in [4.78, 5) is 4.12. The van der Waals surface area contributed by atoms with E-state index in [1.807, 2.05) is 6.26 Å². The zero-order chi connectivity index (χ0) is 11.1. The molecule has 0 atom stereocenters. The fourth-order valence-electron chi connectivity index (χ4n) is 1.00. The molecule has 78 valence electrons. The molecular weight excluding hydrogens is 213 g/mol. The first kappa shape index (κ1) is 11.5. The highest BCUT2D eigenvalue weighted by atomic mass is 32.2. The average Bonchev–Trinajstić information content (AvgIpc) is 2.24. The van der Waals surface area contributed by atoms with Gasteiger partial charge in [-0.2, -0.15) is 5.26 Å². The Labute approximate surface area is 92.0 Å². The van der Waals surface area contributed by atoms with Crippen molar-refractivity contribution in [3.63, 3.8) is 0 Å². The monoisotopic (exact) mass is 223 g/mol. The van der Waals surface area contributed by atoms with Crippen LogP contribution in [0.4, 0.5) is 4.39 Å². The van der Waals surface area contributed by atoms with Gasteiger partial charge < -0.3 is 0 Å². The van der Waals surface area contributed by atoms with Crippen LogP contribution in [-0.2, 0) is 6.54 Å². The van der Waals surface area contributed by atoms with Crippen LogP contribution in [0.2, 0.25) is 0 Å². The molecule has 0 heterocycles. The van der Waals surface area contributed by atoms with Gasteiger partial charge in [-0.05, 0) is 24.0 Å². The van der Waals surface area contributed by atoms with Crippen molar-refractivity contribution in [1.82, 2.24) is 5.32 Å². The molecule has 0 saturated carbocycles. The van der Waals surface area contributed by atoms with Crippen molar-refractivity contribution < 1.29 is 4.39 Å². The molecular formula is C10H10FN3S. The quantitative estimate of drug-likeness (QED) is 0.361. The summed E-state index contributed by atoms with van der Waals surface area (Å²) in [7, 11) is 0. The molecule has 0 saturated heterocycles. The molecule has 0 fully saturated rings. The van der Waals surface area contributed by atoms with Crippen LogP contribution in [0.15, 0.2) is 29.3 Å². The van der Waals surface area contributed by atoms with Crippen molar-refractivity contribution in [3.05, 3.63) is 35.6 Å². The maximum absolute atomic E-state index is 12.8. The lowest BCUT2D eigenvalue weighted by molar-refractivity contribution is 0.625. The lowest BCUT2D eigenvalue weighted by Crippen LogP contribution is -2.13. The van der Waals surface area contributed by atoms with E-state index in [-0.39, 0.29) is 5.82 Å². The molecule has 1 N–H and O–H groups in total. The Morgan fingerprint density at radius 3 is 3.07 bits per heavy atom. The number of benzene rings is 1. The molecule has 0 bridgehead atoms. The zero-order valence-corrected chi connectivity index (χ0v) is 9.01. The van der Waals surface area contributed by atoms with E-state index >= 15 is 0 Å². The van der Waals surface area contributed by atoms with E-state index < -0.39 is 0 Å². The van der Waals surface area contributed by atoms with Crippen molar-refractivity contribution in [3.8, 4) is 6.19 Å². The summed E-state index contributed by atoms with van der Waals surface area (Å²) in [6, 6.07) is 6.23. The van der Waals surface area contributed by atoms with Crippen LogP contribution in [0.25, 0.3) is 0 Å². The molecule has 0 aliphatic rings. The van der Waals surface area contributed by atoms with Gasteiger partial charge in [-0.3, -0.25) is 10.3 Å². The second-order valence-electron chi connectivity index (χ2n) is 2.69. The molecule has 1 aromatic rings. The van der Waals surface area contributed by atoms with E-state index in [2.05, 4.69) is 10.3 Å². The fraction of sp³-hybridized carbons (Fsp3) is 0.200. The molecule has 0 amide bonds. The summed E-state index contributed by atoms with van der Waals surface area (Å²) in [5.74, 6) is -0.276. The van der Waals surface area contributed by atoms with E-state index in [4.69, 9.17) is 5.26 Å². The molecule has 3 nitrogen and oxygen atoms in total. The minimum Gasteiger partial charge on any atom is -0.272 e. The lowest BCUT2D eigenvalue weighted by atomic mass is 10.2. The van der Waals surface area contributed by atoms with Crippen molar-refractivity contribution in [2.75, 3.05) is 6.26 Å². The average molecular weight is 223 g/mol. The highest BCUT2D eigenvalue weighted by Gasteiger charge is 1.96. The molecule has 0 spiro atoms. The summed E-state index contributed by atoms with van der Waals surface area (Å²) in [5.41, 5.74) is 0.779. The molecule has 0 unspecified atom stereocenters. The Bertz CT molecular complexity index is 398. The number of nitrogens with zero attached hydrogens (tertiary/aromatic N) is 2. The standard InChI is InChI=1S/C10H10FN3S/c1-15-10(14-7-12)13-6-8-3-2-4-9(11)5-8/h2-5H,6H2,1H3,(H,13,14). The minimum atomic E-state index is -0.276. The number of hydrogen-bond donors (Lipinski definition) is 1. The van der Waals surface area contributed by atoms with Crippen LogP contribution in [0.5, 0.6) is 0 Å². The van der Waals surface area contributed by atoms with Gasteiger partial charge in [0.2, 0.25) is 0 Å². The molecule has 0 aromatic heterocycles. The third kappa shape index (κ3) is 4.00. The predicted molar refractivity (Wildman–Crippen MR) is 59.8 cm³/mol. The van der Waals surface area contributed by atoms with Crippen molar-refractivity contribution in [2.24, 2.45) is 4.99 Å². The summed E-state index contributed by atoms with van der Waals surface area (Å²) in [5, 5.41) is 11.4. The number of aliphatic imine (C=N–C) groups is 1. The Hall–Kier alpha value is -1.54. The van der Waals surface area contributed by atoms with Gasteiger partial charge in [0.15, 0.2) is 11.4 Å². The molecule has 1 aromatic carbocycles. The second-order valence-corrected chi connectivity index (χ2v) is 3.49. The van der Waals surface area contributed by atoms with Crippen LogP contribution in [-0.4, -0.2) is 11.4 Å². The third-order valence-corrected chi connectivity index (χ3v) is 2.27. The SMILES string of the molecule is CSC(=NCc1cccc(F)c1)NC#N. The van der Waals surface area contributed by atoms with Gasteiger partial charge in [0, 0.05) is 0 Å². The van der Waals surface area contributed by atoms with Crippen LogP contribution < -0.4 is 5.32 Å². The summed E-state index contributed by atoms with van der Waals surface area (Å²) >= 11 is 1.34. The Morgan fingerprint density at radius 1 is 1.67 bits per heavy atom. The fourth-order valence-corrected chi connectivity index (χ4v) is 1.34. The normalized spacial score (nSPS) is 10.9. The molecule has 0 aliphatic heterocycles. The third-order valence-electron chi connectivity index (χ3n) is 1.65. The maximum atomic E-state index is 12.8. The Morgan fingerprint density at radius 2 is 2.47 bits per heavy atom. The summed E-state index contributed by atoms with van der Waals surface area (Å²) in [6.45, 7) is 0.364. The van der Waals surface area contributed by atoms with Crippen LogP contribution in [0.3, 0.4) is 0 Å². The van der Waals surface area contributed by atoms with Gasteiger partial charge in [-0.1, -0.05) is 23.9 Å². The summed E-state index contributed by atoms with van der Waals surface area (Å²) < 4.78 is 12.8. The predicted octanol–water partition coefficient (Wildman–Crippen LogP) is 2.12. The van der Waals surface area contributed by atoms with Crippen LogP contribution in [0.1, 0.15) is 5.56 Å². The van der Waals surface area contributed by atoms with Crippen LogP contribution in [0, 0.1) is 17.3 Å². The molecule has 0 aliphatic carbocycles. The molecule has 0 radical (unpaired) electrons. The Kier molecular flexibility index (Phi) is 4.64. The van der Waals surface area contributed by atoms with Gasteiger partial charge >= 0.3 is 0 Å². The van der Waals surface area contributed by atoms with Gasteiger partial charge in [0.1, 0.15) is 5.82 Å². The van der Waals surface area contributed by atoms with E-state index in [9.17, 15) is 4.39 Å². The van der Waals surface area contributed by atoms with Crippen molar-refractivity contribution >= 4 is 16.9 Å². The maximum Gasteiger partial charge on any atom is 0.183 e. The van der Waals surface area contributed by atoms with Gasteiger partial charge in [0.05, 0.1) is 6.54 Å². The van der Waals surface area contributed by atoms with Crippen molar-refractivity contribution in [2.45, 2.75) is 6.54 Å². The lowest BCUT2D eigenvalue weighted by Gasteiger charge is -2.00. The Balaban J connectivity index is 2.66. The number of amidine groups is 1. The van der Waals surface area contributed by atoms with E-state index in [0.717, 1.165) is 5.56 Å². The highest BCUT2D eigenvalue weighted by Crippen LogP contribution is 2.06. The number of nitrogens with one attached hydrogen (secondary N) is 1. The number of hydrogen-bond acceptors (Lipinski definition) is 3. The van der Waals surface area contributed by atoms with E-state index in [1.165, 1.54) is 23.9 Å². The minimum absolute atomic E-state index is 0.276.